The minimum absolute atomic E-state index is 0.0740. The van der Waals surface area contributed by atoms with Crippen molar-refractivity contribution in [1.29, 1.82) is 0 Å². The topological polar surface area (TPSA) is 66.6 Å². The molecule has 0 bridgehead atoms. The summed E-state index contributed by atoms with van der Waals surface area (Å²) in [6.07, 6.45) is 6.06. The lowest BCUT2D eigenvalue weighted by Crippen LogP contribution is -2.45. The second-order valence-electron chi connectivity index (χ2n) is 7.32. The zero-order valence-electron chi connectivity index (χ0n) is 14.7. The SMILES string of the molecule is O=C(c1noc2c1CCCCC2)N1CCC(O)(c2ccc(Cl)cc2)CC1. The highest BCUT2D eigenvalue weighted by atomic mass is 35.5. The molecule has 1 N–H and O–H groups in total. The Morgan fingerprint density at radius 2 is 1.81 bits per heavy atom. The molecule has 6 heteroatoms. The monoisotopic (exact) mass is 374 g/mol. The second kappa shape index (κ2) is 7.05. The molecule has 5 nitrogen and oxygen atoms in total. The maximum Gasteiger partial charge on any atom is 0.276 e. The summed E-state index contributed by atoms with van der Waals surface area (Å²) in [6.45, 7) is 0.999. The van der Waals surface area contributed by atoms with Gasteiger partial charge in [-0.2, -0.15) is 0 Å². The fourth-order valence-corrected chi connectivity index (χ4v) is 4.13. The molecule has 2 aromatic rings. The molecule has 1 aromatic heterocycles. The van der Waals surface area contributed by atoms with Crippen LogP contribution in [-0.4, -0.2) is 34.2 Å². The quantitative estimate of drug-likeness (QED) is 0.813. The molecule has 0 atom stereocenters. The zero-order valence-corrected chi connectivity index (χ0v) is 15.5. The van der Waals surface area contributed by atoms with E-state index in [-0.39, 0.29) is 5.91 Å². The summed E-state index contributed by atoms with van der Waals surface area (Å²) in [5.41, 5.74) is 1.40. The van der Waals surface area contributed by atoms with Crippen LogP contribution in [0.15, 0.2) is 28.8 Å². The van der Waals surface area contributed by atoms with E-state index in [9.17, 15) is 9.90 Å². The fourth-order valence-electron chi connectivity index (χ4n) is 4.01. The number of halogens is 1. The Labute approximate surface area is 157 Å². The summed E-state index contributed by atoms with van der Waals surface area (Å²) in [6, 6.07) is 7.29. The summed E-state index contributed by atoms with van der Waals surface area (Å²) in [5, 5.41) is 15.7. The predicted molar refractivity (Wildman–Crippen MR) is 98.2 cm³/mol. The van der Waals surface area contributed by atoms with Gasteiger partial charge in [-0.15, -0.1) is 0 Å². The molecule has 0 radical (unpaired) electrons. The molecular formula is C20H23ClN2O3. The van der Waals surface area contributed by atoms with Gasteiger partial charge < -0.3 is 14.5 Å². The first-order valence-corrected chi connectivity index (χ1v) is 9.70. The van der Waals surface area contributed by atoms with Crippen LogP contribution in [0.4, 0.5) is 0 Å². The number of fused-ring (bicyclic) bond motifs is 1. The summed E-state index contributed by atoms with van der Waals surface area (Å²) in [7, 11) is 0. The van der Waals surface area contributed by atoms with Crippen LogP contribution >= 0.6 is 11.6 Å². The van der Waals surface area contributed by atoms with Crippen molar-refractivity contribution in [3.05, 3.63) is 51.9 Å². The lowest BCUT2D eigenvalue weighted by molar-refractivity contribution is -0.0213. The Morgan fingerprint density at radius 3 is 2.54 bits per heavy atom. The minimum atomic E-state index is -0.915. The molecule has 1 aromatic carbocycles. The smallest absolute Gasteiger partial charge is 0.276 e. The van der Waals surface area contributed by atoms with Crippen LogP contribution in [-0.2, 0) is 18.4 Å². The summed E-state index contributed by atoms with van der Waals surface area (Å²) >= 11 is 5.94. The maximum atomic E-state index is 12.9. The van der Waals surface area contributed by atoms with Crippen molar-refractivity contribution in [2.24, 2.45) is 0 Å². The first-order chi connectivity index (χ1) is 12.6. The Kier molecular flexibility index (Phi) is 4.76. The first-order valence-electron chi connectivity index (χ1n) is 9.32. The van der Waals surface area contributed by atoms with Crippen molar-refractivity contribution < 1.29 is 14.4 Å². The number of aromatic nitrogens is 1. The molecular weight excluding hydrogens is 352 g/mol. The van der Waals surface area contributed by atoms with E-state index in [4.69, 9.17) is 16.1 Å². The highest BCUT2D eigenvalue weighted by Gasteiger charge is 2.37. The Hall–Kier alpha value is -1.85. The van der Waals surface area contributed by atoms with E-state index < -0.39 is 5.60 Å². The van der Waals surface area contributed by atoms with Crippen LogP contribution < -0.4 is 0 Å². The molecule has 2 heterocycles. The first kappa shape index (κ1) is 17.6. The van der Waals surface area contributed by atoms with Gasteiger partial charge in [0.15, 0.2) is 5.69 Å². The maximum absolute atomic E-state index is 12.9. The van der Waals surface area contributed by atoms with E-state index in [2.05, 4.69) is 5.16 Å². The molecule has 2 aliphatic rings. The number of piperidine rings is 1. The number of benzene rings is 1. The number of aryl methyl sites for hydroxylation is 1. The number of carbonyl (C=O) groups is 1. The Balaban J connectivity index is 1.47. The van der Waals surface area contributed by atoms with Gasteiger partial charge >= 0.3 is 0 Å². The van der Waals surface area contributed by atoms with Crippen LogP contribution in [0.2, 0.25) is 5.02 Å². The summed E-state index contributed by atoms with van der Waals surface area (Å²) in [4.78, 5) is 14.7. The Bertz CT molecular complexity index is 792. The summed E-state index contributed by atoms with van der Waals surface area (Å²) < 4.78 is 5.44. The molecule has 1 aliphatic heterocycles. The Morgan fingerprint density at radius 1 is 1.12 bits per heavy atom. The van der Waals surface area contributed by atoms with Crippen molar-refractivity contribution in [3.8, 4) is 0 Å². The van der Waals surface area contributed by atoms with E-state index in [0.29, 0.717) is 36.6 Å². The average molecular weight is 375 g/mol. The van der Waals surface area contributed by atoms with Crippen LogP contribution in [0.1, 0.15) is 59.5 Å². The number of rotatable bonds is 2. The van der Waals surface area contributed by atoms with Crippen molar-refractivity contribution in [2.75, 3.05) is 13.1 Å². The summed E-state index contributed by atoms with van der Waals surface area (Å²) in [5.74, 6) is 0.801. The second-order valence-corrected chi connectivity index (χ2v) is 7.76. The third-order valence-corrected chi connectivity index (χ3v) is 5.91. The highest BCUT2D eigenvalue weighted by molar-refractivity contribution is 6.30. The number of hydrogen-bond acceptors (Lipinski definition) is 4. The van der Waals surface area contributed by atoms with E-state index in [1.165, 1.54) is 0 Å². The number of amides is 1. The number of aliphatic hydroxyl groups is 1. The molecule has 0 unspecified atom stereocenters. The van der Waals surface area contributed by atoms with Gasteiger partial charge in [0.25, 0.3) is 5.91 Å². The van der Waals surface area contributed by atoms with Crippen molar-refractivity contribution in [1.82, 2.24) is 10.1 Å². The lowest BCUT2D eigenvalue weighted by atomic mass is 9.84. The van der Waals surface area contributed by atoms with Crippen molar-refractivity contribution in [2.45, 2.75) is 50.5 Å². The number of carbonyl (C=O) groups excluding carboxylic acids is 1. The molecule has 0 spiro atoms. The number of hydrogen-bond donors (Lipinski definition) is 1. The van der Waals surface area contributed by atoms with E-state index >= 15 is 0 Å². The highest BCUT2D eigenvalue weighted by Crippen LogP contribution is 2.34. The average Bonchev–Trinajstić information content (AvgIpc) is 2.90. The molecule has 138 valence electrons. The van der Waals surface area contributed by atoms with E-state index in [1.54, 1.807) is 17.0 Å². The van der Waals surface area contributed by atoms with Crippen LogP contribution in [0, 0.1) is 0 Å². The molecule has 1 fully saturated rings. The van der Waals surface area contributed by atoms with Gasteiger partial charge in [0.1, 0.15) is 5.76 Å². The van der Waals surface area contributed by atoms with E-state index in [0.717, 1.165) is 49.0 Å². The van der Waals surface area contributed by atoms with Crippen molar-refractivity contribution in [3.63, 3.8) is 0 Å². The van der Waals surface area contributed by atoms with Crippen LogP contribution in [0.25, 0.3) is 0 Å². The van der Waals surface area contributed by atoms with Gasteiger partial charge in [-0.1, -0.05) is 35.3 Å². The van der Waals surface area contributed by atoms with Gasteiger partial charge in [-0.3, -0.25) is 4.79 Å². The molecule has 1 aliphatic carbocycles. The minimum Gasteiger partial charge on any atom is -0.385 e. The fraction of sp³-hybridized carbons (Fsp3) is 0.500. The number of likely N-dealkylation sites (tertiary alicyclic amines) is 1. The lowest BCUT2D eigenvalue weighted by Gasteiger charge is -2.38. The van der Waals surface area contributed by atoms with Gasteiger partial charge in [-0.25, -0.2) is 0 Å². The predicted octanol–water partition coefficient (Wildman–Crippen LogP) is 3.72. The van der Waals surface area contributed by atoms with Gasteiger partial charge in [0.05, 0.1) is 5.60 Å². The molecule has 1 amide bonds. The van der Waals surface area contributed by atoms with E-state index in [1.807, 2.05) is 12.1 Å². The molecule has 1 saturated heterocycles. The molecule has 26 heavy (non-hydrogen) atoms. The van der Waals surface area contributed by atoms with Gasteiger partial charge in [-0.05, 0) is 49.8 Å². The third-order valence-electron chi connectivity index (χ3n) is 5.66. The van der Waals surface area contributed by atoms with Gasteiger partial charge in [0, 0.05) is 30.1 Å². The molecule has 0 saturated carbocycles. The van der Waals surface area contributed by atoms with Crippen LogP contribution in [0.5, 0.6) is 0 Å². The van der Waals surface area contributed by atoms with Gasteiger partial charge in [0.2, 0.25) is 0 Å². The third kappa shape index (κ3) is 3.26. The number of nitrogens with zero attached hydrogens (tertiary/aromatic N) is 2. The van der Waals surface area contributed by atoms with Crippen LogP contribution in [0.3, 0.4) is 0 Å². The zero-order chi connectivity index (χ0) is 18.1. The largest absolute Gasteiger partial charge is 0.385 e. The standard InChI is InChI=1S/C20H23ClN2O3/c21-15-8-6-14(7-9-15)20(25)10-12-23(13-11-20)19(24)18-16-4-2-1-3-5-17(16)26-22-18/h6-9,25H,1-5,10-13H2. The molecule has 4 rings (SSSR count). The van der Waals surface area contributed by atoms with Crippen molar-refractivity contribution >= 4 is 17.5 Å². The normalized spacial score (nSPS) is 19.7.